The highest BCUT2D eigenvalue weighted by molar-refractivity contribution is 7.11. The lowest BCUT2D eigenvalue weighted by Crippen LogP contribution is -2.36. The first-order chi connectivity index (χ1) is 13.7. The molecule has 0 bridgehead atoms. The predicted octanol–water partition coefficient (Wildman–Crippen LogP) is 3.90. The van der Waals surface area contributed by atoms with Gasteiger partial charge in [0.05, 0.1) is 6.54 Å². The summed E-state index contributed by atoms with van der Waals surface area (Å²) in [7, 11) is 1.73. The van der Waals surface area contributed by atoms with Gasteiger partial charge in [-0.2, -0.15) is 0 Å². The molecule has 0 spiro atoms. The second-order valence-electron chi connectivity index (χ2n) is 5.91. The van der Waals surface area contributed by atoms with E-state index in [1.165, 1.54) is 17.0 Å². The van der Waals surface area contributed by atoms with Crippen LogP contribution >= 0.6 is 11.3 Å². The summed E-state index contributed by atoms with van der Waals surface area (Å²) in [6.07, 6.45) is 4.64. The van der Waals surface area contributed by atoms with Gasteiger partial charge in [-0.15, -0.1) is 11.3 Å². The average molecular weight is 399 g/mol. The van der Waals surface area contributed by atoms with Crippen LogP contribution in [0.5, 0.6) is 11.6 Å². The molecule has 2 aromatic heterocycles. The molecule has 0 saturated carbocycles. The fraction of sp³-hybridized carbons (Fsp3) is 0.250. The number of nitrogens with one attached hydrogen (secondary N) is 2. The van der Waals surface area contributed by atoms with Gasteiger partial charge >= 0.3 is 0 Å². The van der Waals surface area contributed by atoms with E-state index in [0.29, 0.717) is 30.7 Å². The number of aryl methyl sites for hydroxylation is 1. The van der Waals surface area contributed by atoms with Crippen LogP contribution in [0.25, 0.3) is 0 Å². The summed E-state index contributed by atoms with van der Waals surface area (Å²) in [6, 6.07) is 9.52. The quantitative estimate of drug-likeness (QED) is 0.466. The van der Waals surface area contributed by atoms with E-state index < -0.39 is 0 Å². The van der Waals surface area contributed by atoms with Crippen LogP contribution in [0.3, 0.4) is 0 Å². The molecule has 0 aliphatic rings. The van der Waals surface area contributed by atoms with Crippen molar-refractivity contribution >= 4 is 17.3 Å². The summed E-state index contributed by atoms with van der Waals surface area (Å²) < 4.78 is 18.5. The Bertz CT molecular complexity index is 909. The topological polar surface area (TPSA) is 71.4 Å². The average Bonchev–Trinajstić information content (AvgIpc) is 3.19. The maximum atomic E-state index is 12.9. The lowest BCUT2D eigenvalue weighted by atomic mass is 10.3. The number of hydrogen-bond acceptors (Lipinski definition) is 5. The number of halogens is 1. The number of ether oxygens (including phenoxy) is 1. The number of aromatic nitrogens is 2. The first kappa shape index (κ1) is 19.8. The smallest absolute Gasteiger partial charge is 0.219 e. The molecule has 2 heterocycles. The van der Waals surface area contributed by atoms with Crippen molar-refractivity contribution in [2.75, 3.05) is 7.05 Å². The maximum absolute atomic E-state index is 12.9. The molecule has 0 aliphatic carbocycles. The predicted molar refractivity (Wildman–Crippen MR) is 109 cm³/mol. The zero-order chi connectivity index (χ0) is 19.8. The van der Waals surface area contributed by atoms with Gasteiger partial charge in [-0.3, -0.25) is 4.99 Å². The Morgan fingerprint density at radius 3 is 2.50 bits per heavy atom. The van der Waals surface area contributed by atoms with E-state index in [-0.39, 0.29) is 5.82 Å². The molecule has 1 aromatic carbocycles. The number of guanidine groups is 1. The lowest BCUT2D eigenvalue weighted by Gasteiger charge is -2.11. The Morgan fingerprint density at radius 1 is 1.07 bits per heavy atom. The third-order valence-corrected chi connectivity index (χ3v) is 5.02. The molecule has 8 heteroatoms. The molecule has 0 radical (unpaired) electrons. The number of hydrogen-bond donors (Lipinski definition) is 2. The highest BCUT2D eigenvalue weighted by atomic mass is 32.1. The monoisotopic (exact) mass is 399 g/mol. The summed E-state index contributed by atoms with van der Waals surface area (Å²) in [4.78, 5) is 14.2. The minimum absolute atomic E-state index is 0.301. The molecule has 0 fully saturated rings. The SMILES string of the molecule is CCc1cnc(CNC(=NC)NCc2ccc(Oc3ccc(F)cc3)nc2)s1. The fourth-order valence-electron chi connectivity index (χ4n) is 2.36. The van der Waals surface area contributed by atoms with Crippen LogP contribution in [0.2, 0.25) is 0 Å². The molecule has 28 heavy (non-hydrogen) atoms. The summed E-state index contributed by atoms with van der Waals surface area (Å²) in [6.45, 7) is 3.32. The van der Waals surface area contributed by atoms with Crippen LogP contribution in [-0.2, 0) is 19.5 Å². The van der Waals surface area contributed by atoms with Crippen molar-refractivity contribution in [2.24, 2.45) is 4.99 Å². The molecule has 6 nitrogen and oxygen atoms in total. The van der Waals surface area contributed by atoms with Crippen molar-refractivity contribution in [3.63, 3.8) is 0 Å². The van der Waals surface area contributed by atoms with E-state index in [4.69, 9.17) is 4.74 Å². The van der Waals surface area contributed by atoms with Gasteiger partial charge in [0.2, 0.25) is 5.88 Å². The summed E-state index contributed by atoms with van der Waals surface area (Å²) >= 11 is 1.70. The van der Waals surface area contributed by atoms with Crippen LogP contribution in [0.4, 0.5) is 4.39 Å². The molecule has 2 N–H and O–H groups in total. The molecular weight excluding hydrogens is 377 g/mol. The van der Waals surface area contributed by atoms with Crippen LogP contribution in [0.1, 0.15) is 22.4 Å². The standard InChI is InChI=1S/C20H22FN5OS/c1-3-17-12-24-19(28-17)13-26-20(22-2)25-11-14-4-9-18(23-10-14)27-16-7-5-15(21)6-8-16/h4-10,12H,3,11,13H2,1-2H3,(H2,22,25,26). The van der Waals surface area contributed by atoms with Crippen molar-refractivity contribution < 1.29 is 9.13 Å². The third-order valence-electron chi connectivity index (χ3n) is 3.87. The Morgan fingerprint density at radius 2 is 1.86 bits per heavy atom. The molecule has 0 aliphatic heterocycles. The van der Waals surface area contributed by atoms with E-state index in [1.54, 1.807) is 42.8 Å². The van der Waals surface area contributed by atoms with Gasteiger partial charge in [-0.25, -0.2) is 14.4 Å². The lowest BCUT2D eigenvalue weighted by molar-refractivity contribution is 0.461. The first-order valence-electron chi connectivity index (χ1n) is 8.92. The number of pyridine rings is 1. The van der Waals surface area contributed by atoms with Crippen LogP contribution in [0.15, 0.2) is 53.8 Å². The molecular formula is C20H22FN5OS. The molecule has 0 unspecified atom stereocenters. The molecule has 3 aromatic rings. The second kappa shape index (κ2) is 9.80. The van der Waals surface area contributed by atoms with Crippen molar-refractivity contribution in [1.29, 1.82) is 0 Å². The summed E-state index contributed by atoms with van der Waals surface area (Å²) in [5, 5.41) is 7.53. The van der Waals surface area contributed by atoms with Gasteiger partial charge in [0.15, 0.2) is 5.96 Å². The Hall–Kier alpha value is -3.00. The molecule has 0 atom stereocenters. The van der Waals surface area contributed by atoms with E-state index in [1.807, 2.05) is 12.3 Å². The maximum Gasteiger partial charge on any atom is 0.219 e. The van der Waals surface area contributed by atoms with Crippen LogP contribution in [-0.4, -0.2) is 23.0 Å². The van der Waals surface area contributed by atoms with Crippen LogP contribution < -0.4 is 15.4 Å². The van der Waals surface area contributed by atoms with Gasteiger partial charge in [0, 0.05) is 36.9 Å². The Labute approximate surface area is 167 Å². The van der Waals surface area contributed by atoms with E-state index in [2.05, 4.69) is 32.5 Å². The summed E-state index contributed by atoms with van der Waals surface area (Å²) in [5.41, 5.74) is 0.983. The van der Waals surface area contributed by atoms with Crippen molar-refractivity contribution in [3.8, 4) is 11.6 Å². The van der Waals surface area contributed by atoms with Gasteiger partial charge < -0.3 is 15.4 Å². The largest absolute Gasteiger partial charge is 0.439 e. The highest BCUT2D eigenvalue weighted by Crippen LogP contribution is 2.19. The fourth-order valence-corrected chi connectivity index (χ4v) is 3.16. The van der Waals surface area contributed by atoms with Crippen LogP contribution in [0, 0.1) is 5.82 Å². The zero-order valence-electron chi connectivity index (χ0n) is 15.8. The van der Waals surface area contributed by atoms with Gasteiger partial charge in [-0.05, 0) is 36.2 Å². The zero-order valence-corrected chi connectivity index (χ0v) is 16.6. The number of thiazole rings is 1. The molecule has 0 amide bonds. The van der Waals surface area contributed by atoms with Crippen molar-refractivity contribution in [1.82, 2.24) is 20.6 Å². The normalized spacial score (nSPS) is 11.3. The molecule has 146 valence electrons. The van der Waals surface area contributed by atoms with Crippen molar-refractivity contribution in [3.05, 3.63) is 70.1 Å². The van der Waals surface area contributed by atoms with E-state index in [9.17, 15) is 4.39 Å². The third kappa shape index (κ3) is 5.75. The summed E-state index contributed by atoms with van der Waals surface area (Å²) in [5.74, 6) is 1.38. The second-order valence-corrected chi connectivity index (χ2v) is 7.11. The van der Waals surface area contributed by atoms with Gasteiger partial charge in [0.25, 0.3) is 0 Å². The molecule has 0 saturated heterocycles. The Balaban J connectivity index is 1.48. The number of benzene rings is 1. The molecule has 3 rings (SSSR count). The van der Waals surface area contributed by atoms with Gasteiger partial charge in [0.1, 0.15) is 16.6 Å². The van der Waals surface area contributed by atoms with E-state index in [0.717, 1.165) is 17.0 Å². The minimum Gasteiger partial charge on any atom is -0.439 e. The number of rotatable bonds is 7. The van der Waals surface area contributed by atoms with Gasteiger partial charge in [-0.1, -0.05) is 13.0 Å². The van der Waals surface area contributed by atoms with E-state index >= 15 is 0 Å². The number of nitrogens with zero attached hydrogens (tertiary/aromatic N) is 3. The van der Waals surface area contributed by atoms with Crippen molar-refractivity contribution in [2.45, 2.75) is 26.4 Å². The first-order valence-corrected chi connectivity index (χ1v) is 9.74. The highest BCUT2D eigenvalue weighted by Gasteiger charge is 2.04. The minimum atomic E-state index is -0.301. The number of aliphatic imine (C=N–C) groups is 1. The Kier molecular flexibility index (Phi) is 6.91.